The number of sulfonamides is 1. The minimum Gasteiger partial charge on any atom is -0.345 e. The molecule has 0 bridgehead atoms. The second kappa shape index (κ2) is 7.68. The van der Waals surface area contributed by atoms with Gasteiger partial charge in [-0.1, -0.05) is 5.92 Å². The van der Waals surface area contributed by atoms with E-state index >= 15 is 0 Å². The third-order valence-corrected chi connectivity index (χ3v) is 5.67. The summed E-state index contributed by atoms with van der Waals surface area (Å²) in [7, 11) is -0.533. The zero-order valence-electron chi connectivity index (χ0n) is 14.6. The van der Waals surface area contributed by atoms with Crippen molar-refractivity contribution in [2.75, 3.05) is 20.6 Å². The third-order valence-electron chi connectivity index (χ3n) is 3.86. The second-order valence-electron chi connectivity index (χ2n) is 5.69. The first kappa shape index (κ1) is 19.0. The van der Waals surface area contributed by atoms with Crippen LogP contribution in [0.15, 0.2) is 23.1 Å². The van der Waals surface area contributed by atoms with Crippen molar-refractivity contribution in [3.05, 3.63) is 24.0 Å². The van der Waals surface area contributed by atoms with Crippen molar-refractivity contribution in [3.63, 3.8) is 0 Å². The molecule has 2 rings (SSSR count). The summed E-state index contributed by atoms with van der Waals surface area (Å²) in [5.41, 5.74) is 1.45. The molecule has 0 aliphatic heterocycles. The number of aryl methyl sites for hydroxylation is 2. The number of nitrogens with one attached hydrogen (secondary N) is 1. The van der Waals surface area contributed by atoms with Gasteiger partial charge in [-0.25, -0.2) is 17.7 Å². The Bertz CT molecular complexity index is 923. The van der Waals surface area contributed by atoms with Crippen molar-refractivity contribution in [1.82, 2.24) is 19.2 Å². The molecule has 0 saturated heterocycles. The summed E-state index contributed by atoms with van der Waals surface area (Å²) in [6, 6.07) is 4.90. The Labute approximate surface area is 148 Å². The first-order valence-electron chi connectivity index (χ1n) is 7.93. The number of aromatic nitrogens is 2. The molecule has 8 heteroatoms. The Balaban J connectivity index is 2.33. The van der Waals surface area contributed by atoms with Crippen LogP contribution in [0, 0.1) is 12.3 Å². The summed E-state index contributed by atoms with van der Waals surface area (Å²) in [5.74, 6) is 2.96. The van der Waals surface area contributed by atoms with Gasteiger partial charge in [-0.2, -0.15) is 0 Å². The molecule has 1 aromatic carbocycles. The van der Waals surface area contributed by atoms with Gasteiger partial charge in [0, 0.05) is 33.5 Å². The molecule has 25 heavy (non-hydrogen) atoms. The number of carbonyl (C=O) groups excluding carboxylic acids is 1. The molecule has 0 atom stereocenters. The molecule has 0 spiro atoms. The van der Waals surface area contributed by atoms with E-state index in [4.69, 9.17) is 6.42 Å². The van der Waals surface area contributed by atoms with Crippen LogP contribution in [0.25, 0.3) is 11.0 Å². The van der Waals surface area contributed by atoms with Crippen LogP contribution in [0.2, 0.25) is 0 Å². The quantitative estimate of drug-likeness (QED) is 0.745. The Kier molecular flexibility index (Phi) is 5.82. The van der Waals surface area contributed by atoms with Gasteiger partial charge in [0.25, 0.3) is 0 Å². The third kappa shape index (κ3) is 4.00. The molecule has 0 aliphatic rings. The topological polar surface area (TPSA) is 84.3 Å². The van der Waals surface area contributed by atoms with Gasteiger partial charge in [-0.15, -0.1) is 6.42 Å². The van der Waals surface area contributed by atoms with E-state index in [1.54, 1.807) is 18.2 Å². The Morgan fingerprint density at radius 3 is 2.72 bits per heavy atom. The molecule has 1 amide bonds. The highest BCUT2D eigenvalue weighted by molar-refractivity contribution is 7.89. The molecule has 7 nitrogen and oxygen atoms in total. The molecule has 1 aromatic heterocycles. The molecule has 0 fully saturated rings. The van der Waals surface area contributed by atoms with Crippen molar-refractivity contribution in [2.24, 2.45) is 0 Å². The Hall–Kier alpha value is -2.37. The maximum atomic E-state index is 12.3. The number of imidazole rings is 1. The highest BCUT2D eigenvalue weighted by atomic mass is 32.2. The molecular formula is C17H22N4O3S. The van der Waals surface area contributed by atoms with Crippen LogP contribution in [-0.4, -0.2) is 48.8 Å². The summed E-state index contributed by atoms with van der Waals surface area (Å²) in [4.78, 5) is 16.4. The van der Waals surface area contributed by atoms with Crippen LogP contribution in [0.1, 0.15) is 19.2 Å². The Morgan fingerprint density at radius 1 is 1.40 bits per heavy atom. The van der Waals surface area contributed by atoms with Crippen molar-refractivity contribution in [3.8, 4) is 12.3 Å². The number of hydrogen-bond donors (Lipinski definition) is 1. The van der Waals surface area contributed by atoms with Gasteiger partial charge >= 0.3 is 0 Å². The van der Waals surface area contributed by atoms with E-state index in [1.165, 1.54) is 18.4 Å². The molecule has 0 saturated carbocycles. The molecular weight excluding hydrogens is 340 g/mol. The summed E-state index contributed by atoms with van der Waals surface area (Å²) in [6.07, 6.45) is 5.84. The van der Waals surface area contributed by atoms with Gasteiger partial charge in [0.1, 0.15) is 5.82 Å². The maximum Gasteiger partial charge on any atom is 0.242 e. The van der Waals surface area contributed by atoms with E-state index in [9.17, 15) is 13.2 Å². The van der Waals surface area contributed by atoms with Crippen LogP contribution in [0.5, 0.6) is 0 Å². The van der Waals surface area contributed by atoms with Gasteiger partial charge in [0.2, 0.25) is 15.9 Å². The van der Waals surface area contributed by atoms with Crippen molar-refractivity contribution >= 4 is 27.0 Å². The summed E-state index contributed by atoms with van der Waals surface area (Å²) >= 11 is 0. The van der Waals surface area contributed by atoms with Crippen LogP contribution >= 0.6 is 0 Å². The van der Waals surface area contributed by atoms with E-state index in [0.29, 0.717) is 18.5 Å². The fourth-order valence-corrected chi connectivity index (χ4v) is 3.46. The predicted molar refractivity (Wildman–Crippen MR) is 96.4 cm³/mol. The largest absolute Gasteiger partial charge is 0.345 e. The fourth-order valence-electron chi connectivity index (χ4n) is 2.54. The van der Waals surface area contributed by atoms with Gasteiger partial charge in [-0.3, -0.25) is 4.79 Å². The molecule has 0 radical (unpaired) electrons. The monoisotopic (exact) mass is 362 g/mol. The summed E-state index contributed by atoms with van der Waals surface area (Å²) < 4.78 is 27.7. The molecule has 134 valence electrons. The van der Waals surface area contributed by atoms with E-state index < -0.39 is 10.0 Å². The number of nitrogens with zero attached hydrogens (tertiary/aromatic N) is 3. The zero-order chi connectivity index (χ0) is 18.6. The number of terminal acetylenes is 1. The number of hydrogen-bond acceptors (Lipinski definition) is 4. The summed E-state index contributed by atoms with van der Waals surface area (Å²) in [6.45, 7) is 2.86. The van der Waals surface area contributed by atoms with Gasteiger partial charge in [0.05, 0.1) is 22.5 Å². The minimum atomic E-state index is -3.51. The van der Waals surface area contributed by atoms with Crippen molar-refractivity contribution in [1.29, 1.82) is 0 Å². The van der Waals surface area contributed by atoms with Crippen LogP contribution in [0.4, 0.5) is 0 Å². The lowest BCUT2D eigenvalue weighted by Gasteiger charge is -2.11. The number of carbonyl (C=O) groups is 1. The summed E-state index contributed by atoms with van der Waals surface area (Å²) in [5, 5.41) is 2.62. The lowest BCUT2D eigenvalue weighted by Crippen LogP contribution is -2.24. The zero-order valence-corrected chi connectivity index (χ0v) is 15.4. The molecule has 2 aromatic rings. The molecule has 0 unspecified atom stereocenters. The molecule has 1 N–H and O–H groups in total. The van der Waals surface area contributed by atoms with Crippen LogP contribution in [-0.2, 0) is 27.8 Å². The second-order valence-corrected chi connectivity index (χ2v) is 7.84. The average molecular weight is 362 g/mol. The lowest BCUT2D eigenvalue weighted by molar-refractivity contribution is -0.120. The SMILES string of the molecule is C#CCNC(=O)CCc1nc2cc(S(=O)(=O)N(C)C)ccc2n1CC. The Morgan fingerprint density at radius 2 is 2.12 bits per heavy atom. The van der Waals surface area contributed by atoms with Crippen molar-refractivity contribution in [2.45, 2.75) is 31.2 Å². The number of fused-ring (bicyclic) bond motifs is 1. The van der Waals surface area contributed by atoms with Crippen LogP contribution in [0.3, 0.4) is 0 Å². The number of rotatable bonds is 7. The lowest BCUT2D eigenvalue weighted by atomic mass is 10.2. The van der Waals surface area contributed by atoms with Gasteiger partial charge in [0.15, 0.2) is 0 Å². The van der Waals surface area contributed by atoms with Crippen molar-refractivity contribution < 1.29 is 13.2 Å². The number of amides is 1. The van der Waals surface area contributed by atoms with Gasteiger partial charge in [-0.05, 0) is 25.1 Å². The highest BCUT2D eigenvalue weighted by Gasteiger charge is 2.19. The van der Waals surface area contributed by atoms with E-state index in [0.717, 1.165) is 11.3 Å². The molecule has 1 heterocycles. The molecule has 0 aliphatic carbocycles. The van der Waals surface area contributed by atoms with E-state index in [2.05, 4.69) is 16.2 Å². The van der Waals surface area contributed by atoms with Crippen LogP contribution < -0.4 is 5.32 Å². The fraction of sp³-hybridized carbons (Fsp3) is 0.412. The number of benzene rings is 1. The first-order chi connectivity index (χ1) is 11.8. The minimum absolute atomic E-state index is 0.136. The first-order valence-corrected chi connectivity index (χ1v) is 9.37. The maximum absolute atomic E-state index is 12.3. The standard InChI is InChI=1S/C17H22N4O3S/c1-5-11-18-17(22)10-9-16-19-14-12-13(25(23,24)20(3)4)7-8-15(14)21(16)6-2/h1,7-8,12H,6,9-11H2,2-4H3,(H,18,22). The van der Waals surface area contributed by atoms with E-state index in [-0.39, 0.29) is 23.8 Å². The predicted octanol–water partition coefficient (Wildman–Crippen LogP) is 0.988. The average Bonchev–Trinajstić information content (AvgIpc) is 2.94. The van der Waals surface area contributed by atoms with Gasteiger partial charge < -0.3 is 9.88 Å². The van der Waals surface area contributed by atoms with E-state index in [1.807, 2.05) is 11.5 Å². The smallest absolute Gasteiger partial charge is 0.242 e. The normalized spacial score (nSPS) is 11.6. The highest BCUT2D eigenvalue weighted by Crippen LogP contribution is 2.22.